The van der Waals surface area contributed by atoms with Crippen LogP contribution in [-0.4, -0.2) is 60.5 Å². The fourth-order valence-corrected chi connectivity index (χ4v) is 3.02. The highest BCUT2D eigenvalue weighted by Gasteiger charge is 2.30. The van der Waals surface area contributed by atoms with Gasteiger partial charge in [0.05, 0.1) is 13.7 Å². The summed E-state index contributed by atoms with van der Waals surface area (Å²) >= 11 is 0. The minimum atomic E-state index is -0.730. The van der Waals surface area contributed by atoms with E-state index in [1.807, 2.05) is 13.8 Å². The number of hydrogen-bond acceptors (Lipinski definition) is 4. The first-order chi connectivity index (χ1) is 11.8. The van der Waals surface area contributed by atoms with Crippen molar-refractivity contribution in [3.05, 3.63) is 34.9 Å². The number of rotatable bonds is 4. The molecule has 1 fully saturated rings. The number of alkyl carbamates (subject to hydrolysis) is 1. The van der Waals surface area contributed by atoms with Crippen LogP contribution in [-0.2, 0) is 20.9 Å². The number of methoxy groups -OCH3 is 1. The van der Waals surface area contributed by atoms with E-state index in [4.69, 9.17) is 0 Å². The van der Waals surface area contributed by atoms with E-state index >= 15 is 0 Å². The molecule has 1 aliphatic heterocycles. The molecule has 0 aromatic heterocycles. The minimum Gasteiger partial charge on any atom is -0.453 e. The molecule has 0 bridgehead atoms. The number of benzene rings is 1. The number of piperazine rings is 1. The molecule has 0 unspecified atom stereocenters. The summed E-state index contributed by atoms with van der Waals surface area (Å²) in [7, 11) is 1.24. The Bertz CT molecular complexity index is 654. The van der Waals surface area contributed by atoms with Gasteiger partial charge in [0.15, 0.2) is 0 Å². The quantitative estimate of drug-likeness (QED) is 0.888. The maximum absolute atomic E-state index is 12.4. The van der Waals surface area contributed by atoms with Gasteiger partial charge < -0.3 is 19.9 Å². The molecule has 7 nitrogen and oxygen atoms in total. The highest BCUT2D eigenvalue weighted by Crippen LogP contribution is 2.14. The van der Waals surface area contributed by atoms with Gasteiger partial charge in [-0.3, -0.25) is 9.59 Å². The van der Waals surface area contributed by atoms with E-state index in [9.17, 15) is 14.4 Å². The van der Waals surface area contributed by atoms with Crippen molar-refractivity contribution in [2.24, 2.45) is 0 Å². The molecule has 1 aliphatic rings. The van der Waals surface area contributed by atoms with E-state index in [0.717, 1.165) is 5.56 Å². The molecule has 3 amide bonds. The highest BCUT2D eigenvalue weighted by atomic mass is 16.5. The Hall–Kier alpha value is -2.57. The fraction of sp³-hybridized carbons (Fsp3) is 0.500. The van der Waals surface area contributed by atoms with Crippen molar-refractivity contribution in [3.8, 4) is 0 Å². The van der Waals surface area contributed by atoms with Gasteiger partial charge >= 0.3 is 6.09 Å². The molecule has 1 aromatic rings. The predicted octanol–water partition coefficient (Wildman–Crippen LogP) is 1.22. The largest absolute Gasteiger partial charge is 0.453 e. The normalized spacial score (nSPS) is 15.8. The molecule has 0 radical (unpaired) electrons. The van der Waals surface area contributed by atoms with Crippen LogP contribution in [0.15, 0.2) is 18.2 Å². The van der Waals surface area contributed by atoms with Crippen LogP contribution in [0, 0.1) is 13.8 Å². The molecule has 0 spiro atoms. The Balaban J connectivity index is 1.94. The second-order valence-electron chi connectivity index (χ2n) is 6.43. The Morgan fingerprint density at radius 1 is 1.20 bits per heavy atom. The van der Waals surface area contributed by atoms with Crippen molar-refractivity contribution < 1.29 is 19.1 Å². The molecule has 136 valence electrons. The number of amides is 3. The van der Waals surface area contributed by atoms with Gasteiger partial charge in [-0.2, -0.15) is 0 Å². The third-order valence-corrected chi connectivity index (χ3v) is 4.18. The van der Waals surface area contributed by atoms with Crippen LogP contribution in [0.25, 0.3) is 0 Å². The molecular formula is C18H25N3O4. The zero-order valence-electron chi connectivity index (χ0n) is 15.2. The number of ether oxygens (including phenoxy) is 1. The monoisotopic (exact) mass is 347 g/mol. The second-order valence-corrected chi connectivity index (χ2v) is 6.43. The minimum absolute atomic E-state index is 0.0246. The lowest BCUT2D eigenvalue weighted by molar-refractivity contribution is -0.146. The summed E-state index contributed by atoms with van der Waals surface area (Å²) in [5, 5.41) is 2.43. The van der Waals surface area contributed by atoms with Crippen LogP contribution >= 0.6 is 0 Å². The molecule has 25 heavy (non-hydrogen) atoms. The Labute approximate surface area is 147 Å². The predicted molar refractivity (Wildman–Crippen MR) is 92.9 cm³/mol. The average Bonchev–Trinajstić information content (AvgIpc) is 2.54. The van der Waals surface area contributed by atoms with Gasteiger partial charge in [0.2, 0.25) is 11.8 Å². The van der Waals surface area contributed by atoms with Crippen LogP contribution in [0.2, 0.25) is 0 Å². The summed E-state index contributed by atoms with van der Waals surface area (Å²) in [5.74, 6) is -0.381. The van der Waals surface area contributed by atoms with E-state index in [1.54, 1.807) is 11.8 Å². The van der Waals surface area contributed by atoms with Gasteiger partial charge in [-0.15, -0.1) is 0 Å². The smallest absolute Gasteiger partial charge is 0.407 e. The number of carbonyl (C=O) groups is 3. The second kappa shape index (κ2) is 8.00. The zero-order chi connectivity index (χ0) is 18.6. The lowest BCUT2D eigenvalue weighted by atomic mass is 10.1. The number of nitrogens with zero attached hydrogens (tertiary/aromatic N) is 2. The maximum Gasteiger partial charge on any atom is 0.407 e. The molecule has 0 saturated carbocycles. The topological polar surface area (TPSA) is 79.0 Å². The number of nitrogens with one attached hydrogen (secondary N) is 1. The van der Waals surface area contributed by atoms with Gasteiger partial charge in [-0.05, 0) is 26.3 Å². The van der Waals surface area contributed by atoms with Crippen molar-refractivity contribution in [1.82, 2.24) is 15.1 Å². The fourth-order valence-electron chi connectivity index (χ4n) is 3.02. The first kappa shape index (κ1) is 18.8. The third kappa shape index (κ3) is 4.95. The summed E-state index contributed by atoms with van der Waals surface area (Å²) in [6.45, 7) is 7.13. The SMILES string of the molecule is COC(=O)N[C@@H](C)C(=O)N1CCN(Cc2cc(C)cc(C)c2)C(=O)C1. The molecule has 0 aliphatic carbocycles. The summed E-state index contributed by atoms with van der Waals surface area (Å²) in [6.07, 6.45) is -0.666. The van der Waals surface area contributed by atoms with Crippen LogP contribution in [0.5, 0.6) is 0 Å². The Morgan fingerprint density at radius 2 is 1.84 bits per heavy atom. The van der Waals surface area contributed by atoms with Crippen LogP contribution in [0.3, 0.4) is 0 Å². The van der Waals surface area contributed by atoms with Crippen LogP contribution in [0.1, 0.15) is 23.6 Å². The van der Waals surface area contributed by atoms with Gasteiger partial charge in [0, 0.05) is 19.6 Å². The number of carbonyl (C=O) groups excluding carboxylic acids is 3. The van der Waals surface area contributed by atoms with Crippen molar-refractivity contribution in [3.63, 3.8) is 0 Å². The molecule has 1 saturated heterocycles. The average molecular weight is 347 g/mol. The zero-order valence-corrected chi connectivity index (χ0v) is 15.2. The van der Waals surface area contributed by atoms with Crippen LogP contribution < -0.4 is 5.32 Å². The van der Waals surface area contributed by atoms with Gasteiger partial charge in [0.25, 0.3) is 0 Å². The highest BCUT2D eigenvalue weighted by molar-refractivity contribution is 5.90. The summed E-state index contributed by atoms with van der Waals surface area (Å²) in [4.78, 5) is 39.2. The van der Waals surface area contributed by atoms with Crippen molar-refractivity contribution in [2.45, 2.75) is 33.4 Å². The molecule has 1 heterocycles. The molecule has 1 atom stereocenters. The van der Waals surface area contributed by atoms with Crippen molar-refractivity contribution in [1.29, 1.82) is 0 Å². The Morgan fingerprint density at radius 3 is 2.40 bits per heavy atom. The maximum atomic E-state index is 12.4. The van der Waals surface area contributed by atoms with E-state index in [-0.39, 0.29) is 18.4 Å². The first-order valence-corrected chi connectivity index (χ1v) is 8.28. The molecular weight excluding hydrogens is 322 g/mol. The van der Waals surface area contributed by atoms with E-state index in [1.165, 1.54) is 23.1 Å². The summed E-state index contributed by atoms with van der Waals surface area (Å²) in [6, 6.07) is 5.50. The van der Waals surface area contributed by atoms with Gasteiger partial charge in [-0.25, -0.2) is 4.79 Å². The molecule has 1 N–H and O–H groups in total. The Kier molecular flexibility index (Phi) is 6.01. The lowest BCUT2D eigenvalue weighted by Gasteiger charge is -2.35. The van der Waals surface area contributed by atoms with Crippen molar-refractivity contribution >= 4 is 17.9 Å². The van der Waals surface area contributed by atoms with Gasteiger partial charge in [-0.1, -0.05) is 29.3 Å². The number of aryl methyl sites for hydroxylation is 2. The van der Waals surface area contributed by atoms with E-state index < -0.39 is 12.1 Å². The van der Waals surface area contributed by atoms with E-state index in [2.05, 4.69) is 28.3 Å². The first-order valence-electron chi connectivity index (χ1n) is 8.28. The van der Waals surface area contributed by atoms with Crippen molar-refractivity contribution in [2.75, 3.05) is 26.7 Å². The van der Waals surface area contributed by atoms with E-state index in [0.29, 0.717) is 19.6 Å². The standard InChI is InChI=1S/C18H25N3O4/c1-12-7-13(2)9-15(8-12)10-20-5-6-21(11-16(20)22)17(23)14(3)19-18(24)25-4/h7-9,14H,5-6,10-11H2,1-4H3,(H,19,24)/t14-/m0/s1. The van der Waals surface area contributed by atoms with Crippen LogP contribution in [0.4, 0.5) is 4.79 Å². The summed E-state index contributed by atoms with van der Waals surface area (Å²) in [5.41, 5.74) is 3.42. The number of hydrogen-bond donors (Lipinski definition) is 1. The molecule has 7 heteroatoms. The summed E-state index contributed by atoms with van der Waals surface area (Å²) < 4.78 is 4.49. The molecule has 1 aromatic carbocycles. The third-order valence-electron chi connectivity index (χ3n) is 4.18. The molecule has 2 rings (SSSR count). The van der Waals surface area contributed by atoms with Gasteiger partial charge in [0.1, 0.15) is 6.04 Å². The lowest BCUT2D eigenvalue weighted by Crippen LogP contribution is -2.56.